The molecule has 3 N–H and O–H groups in total. The van der Waals surface area contributed by atoms with Crippen LogP contribution in [0.15, 0.2) is 24.7 Å². The Bertz CT molecular complexity index is 776. The third kappa shape index (κ3) is 3.44. The van der Waals surface area contributed by atoms with Gasteiger partial charge in [0.1, 0.15) is 6.10 Å². The summed E-state index contributed by atoms with van der Waals surface area (Å²) in [7, 11) is 0. The van der Waals surface area contributed by atoms with Crippen LogP contribution in [-0.4, -0.2) is 39.8 Å². The van der Waals surface area contributed by atoms with Crippen LogP contribution >= 0.6 is 0 Å². The summed E-state index contributed by atoms with van der Waals surface area (Å²) < 4.78 is 13.4. The molecule has 1 saturated carbocycles. The van der Waals surface area contributed by atoms with E-state index < -0.39 is 0 Å². The number of aromatic nitrogens is 3. The van der Waals surface area contributed by atoms with E-state index in [2.05, 4.69) is 10.1 Å². The predicted molar refractivity (Wildman–Crippen MR) is 98.8 cm³/mol. The summed E-state index contributed by atoms with van der Waals surface area (Å²) in [6.45, 7) is 1.38. The van der Waals surface area contributed by atoms with E-state index in [0.717, 1.165) is 31.2 Å². The minimum Gasteiger partial charge on any atom is -0.474 e. The van der Waals surface area contributed by atoms with Gasteiger partial charge in [-0.25, -0.2) is 4.98 Å². The number of hydrogen-bond acceptors (Lipinski definition) is 6. The first-order valence-electron chi connectivity index (χ1n) is 9.34. The van der Waals surface area contributed by atoms with Crippen molar-refractivity contribution < 1.29 is 9.47 Å². The third-order valence-corrected chi connectivity index (χ3v) is 5.23. The summed E-state index contributed by atoms with van der Waals surface area (Å²) in [5.41, 5.74) is 8.28. The summed E-state index contributed by atoms with van der Waals surface area (Å²) in [5.74, 6) is 0.426. The van der Waals surface area contributed by atoms with E-state index in [1.165, 1.54) is 12.8 Å². The van der Waals surface area contributed by atoms with Gasteiger partial charge in [-0.2, -0.15) is 5.10 Å². The number of anilines is 1. The number of rotatable bonds is 5. The molecule has 4 rings (SSSR count). The molecule has 7 heteroatoms. The molecule has 1 saturated heterocycles. The van der Waals surface area contributed by atoms with Gasteiger partial charge in [0.05, 0.1) is 36.7 Å². The van der Waals surface area contributed by atoms with Gasteiger partial charge in [0, 0.05) is 36.5 Å². The van der Waals surface area contributed by atoms with E-state index in [-0.39, 0.29) is 6.10 Å². The van der Waals surface area contributed by atoms with E-state index in [4.69, 9.17) is 20.6 Å². The lowest BCUT2D eigenvalue weighted by Gasteiger charge is -2.24. The first-order valence-corrected chi connectivity index (χ1v) is 9.34. The maximum absolute atomic E-state index is 8.68. The molecule has 2 aromatic rings. The van der Waals surface area contributed by atoms with Crippen LogP contribution in [0.2, 0.25) is 0 Å². The van der Waals surface area contributed by atoms with Crippen LogP contribution in [0.25, 0.3) is 0 Å². The molecule has 3 heterocycles. The van der Waals surface area contributed by atoms with Crippen LogP contribution in [0.4, 0.5) is 5.69 Å². The van der Waals surface area contributed by atoms with Gasteiger partial charge in [0.25, 0.3) is 0 Å². The molecular weight excluding hydrogens is 330 g/mol. The normalized spacial score (nSPS) is 18.9. The molecule has 2 aliphatic rings. The predicted octanol–water partition coefficient (Wildman–Crippen LogP) is 2.95. The van der Waals surface area contributed by atoms with Crippen LogP contribution in [0.1, 0.15) is 55.7 Å². The summed E-state index contributed by atoms with van der Waals surface area (Å²) in [4.78, 5) is 4.35. The molecule has 1 aliphatic heterocycles. The Labute approximate surface area is 153 Å². The van der Waals surface area contributed by atoms with Gasteiger partial charge in [0.2, 0.25) is 5.88 Å². The fraction of sp³-hybridized carbons (Fsp3) is 0.526. The zero-order valence-corrected chi connectivity index (χ0v) is 14.9. The highest BCUT2D eigenvalue weighted by molar-refractivity contribution is 6.15. The molecule has 0 unspecified atom stereocenters. The van der Waals surface area contributed by atoms with Crippen LogP contribution < -0.4 is 10.5 Å². The minimum atomic E-state index is 0.0470. The smallest absolute Gasteiger partial charge is 0.225 e. The van der Waals surface area contributed by atoms with E-state index in [1.54, 1.807) is 18.5 Å². The van der Waals surface area contributed by atoms with Crippen molar-refractivity contribution in [1.29, 1.82) is 5.41 Å². The molecule has 0 aromatic carbocycles. The number of ether oxygens (including phenoxy) is 2. The third-order valence-electron chi connectivity index (χ3n) is 5.23. The number of nitrogen functional groups attached to an aromatic ring is 1. The summed E-state index contributed by atoms with van der Waals surface area (Å²) >= 11 is 0. The lowest BCUT2D eigenvalue weighted by molar-refractivity contribution is 0.0237. The maximum Gasteiger partial charge on any atom is 0.225 e. The number of nitrogens with zero attached hydrogens (tertiary/aromatic N) is 3. The molecule has 0 atom stereocenters. The summed E-state index contributed by atoms with van der Waals surface area (Å²) in [6, 6.07) is 2.16. The van der Waals surface area contributed by atoms with Crippen molar-refractivity contribution in [3.63, 3.8) is 0 Å². The van der Waals surface area contributed by atoms with E-state index >= 15 is 0 Å². The highest BCUT2D eigenvalue weighted by Crippen LogP contribution is 2.31. The zero-order chi connectivity index (χ0) is 17.9. The van der Waals surface area contributed by atoms with Gasteiger partial charge in [-0.1, -0.05) is 12.8 Å². The van der Waals surface area contributed by atoms with Crippen molar-refractivity contribution in [1.82, 2.24) is 14.8 Å². The lowest BCUT2D eigenvalue weighted by Crippen LogP contribution is -2.27. The maximum atomic E-state index is 8.68. The van der Waals surface area contributed by atoms with Crippen molar-refractivity contribution >= 4 is 11.4 Å². The average Bonchev–Trinajstić information content (AvgIpc) is 3.34. The lowest BCUT2D eigenvalue weighted by atomic mass is 10.0. The van der Waals surface area contributed by atoms with Crippen LogP contribution in [-0.2, 0) is 4.74 Å². The SMILES string of the molecule is N=C(c1cnn(C2CCCC2)c1)c1c(N)ccnc1OC1CCOCC1. The molecule has 0 bridgehead atoms. The topological polar surface area (TPSA) is 99.0 Å². The fourth-order valence-corrected chi connectivity index (χ4v) is 3.73. The van der Waals surface area contributed by atoms with E-state index in [1.807, 2.05) is 10.9 Å². The molecule has 26 heavy (non-hydrogen) atoms. The quantitative estimate of drug-likeness (QED) is 0.803. The number of hydrogen-bond donors (Lipinski definition) is 2. The van der Waals surface area contributed by atoms with Crippen molar-refractivity contribution in [2.45, 2.75) is 50.7 Å². The Morgan fingerprint density at radius 3 is 2.77 bits per heavy atom. The second kappa shape index (κ2) is 7.45. The average molecular weight is 355 g/mol. The van der Waals surface area contributed by atoms with Gasteiger partial charge in [0.15, 0.2) is 0 Å². The highest BCUT2D eigenvalue weighted by atomic mass is 16.5. The molecule has 0 amide bonds. The van der Waals surface area contributed by atoms with Gasteiger partial charge >= 0.3 is 0 Å². The zero-order valence-electron chi connectivity index (χ0n) is 14.9. The molecule has 138 valence electrons. The summed E-state index contributed by atoms with van der Waals surface area (Å²) in [5, 5.41) is 13.2. The number of pyridine rings is 1. The van der Waals surface area contributed by atoms with Crippen molar-refractivity contribution in [3.8, 4) is 5.88 Å². The Balaban J connectivity index is 1.58. The Kier molecular flexibility index (Phi) is 4.88. The molecule has 7 nitrogen and oxygen atoms in total. The van der Waals surface area contributed by atoms with Gasteiger partial charge in [-0.15, -0.1) is 0 Å². The Morgan fingerprint density at radius 1 is 1.23 bits per heavy atom. The Hall–Kier alpha value is -2.41. The van der Waals surface area contributed by atoms with E-state index in [9.17, 15) is 0 Å². The number of nitrogens with one attached hydrogen (secondary N) is 1. The highest BCUT2D eigenvalue weighted by Gasteiger charge is 2.23. The van der Waals surface area contributed by atoms with Crippen molar-refractivity contribution in [2.24, 2.45) is 0 Å². The van der Waals surface area contributed by atoms with Gasteiger partial charge in [-0.05, 0) is 18.9 Å². The monoisotopic (exact) mass is 355 g/mol. The molecule has 2 fully saturated rings. The largest absolute Gasteiger partial charge is 0.474 e. The molecule has 2 aromatic heterocycles. The van der Waals surface area contributed by atoms with Gasteiger partial charge in [-0.3, -0.25) is 10.1 Å². The molecule has 0 radical (unpaired) electrons. The van der Waals surface area contributed by atoms with Crippen LogP contribution in [0.5, 0.6) is 5.88 Å². The second-order valence-electron chi connectivity index (χ2n) is 7.03. The minimum absolute atomic E-state index is 0.0470. The fourth-order valence-electron chi connectivity index (χ4n) is 3.73. The standard InChI is InChI=1S/C19H25N5O2/c20-16-5-8-22-19(26-15-6-9-25-10-7-15)17(16)18(21)13-11-23-24(12-13)14-3-1-2-4-14/h5,8,11-12,14-15,21H,1-4,6-7,9-10H2,(H2,20,22). The molecular formula is C19H25N5O2. The first-order chi connectivity index (χ1) is 12.7. The van der Waals surface area contributed by atoms with Crippen LogP contribution in [0.3, 0.4) is 0 Å². The van der Waals surface area contributed by atoms with Gasteiger partial charge < -0.3 is 15.2 Å². The number of nitrogens with two attached hydrogens (primary N) is 1. The van der Waals surface area contributed by atoms with Crippen molar-refractivity contribution in [3.05, 3.63) is 35.8 Å². The van der Waals surface area contributed by atoms with E-state index in [0.29, 0.717) is 42.1 Å². The molecule has 1 aliphatic carbocycles. The van der Waals surface area contributed by atoms with Crippen LogP contribution in [0, 0.1) is 5.41 Å². The first kappa shape index (κ1) is 17.0. The van der Waals surface area contributed by atoms with Crippen molar-refractivity contribution in [2.75, 3.05) is 18.9 Å². The second-order valence-corrected chi connectivity index (χ2v) is 7.03. The molecule has 0 spiro atoms. The Morgan fingerprint density at radius 2 is 2.00 bits per heavy atom. The summed E-state index contributed by atoms with van der Waals surface area (Å²) in [6.07, 6.45) is 11.8.